The van der Waals surface area contributed by atoms with Crippen LogP contribution in [0.5, 0.6) is 0 Å². The maximum Gasteiger partial charge on any atom is 0.0357 e. The van der Waals surface area contributed by atoms with Crippen LogP contribution in [0.3, 0.4) is 0 Å². The molecule has 124 valence electrons. The number of nitrogens with zero attached hydrogens (tertiary/aromatic N) is 1. The van der Waals surface area contributed by atoms with Crippen molar-refractivity contribution < 1.29 is 0 Å². The van der Waals surface area contributed by atoms with E-state index in [1.54, 1.807) is 0 Å². The SMILES string of the molecule is CC/N=C/CCNC1CCCC1CCNCCCNCC. The lowest BCUT2D eigenvalue weighted by Crippen LogP contribution is -2.35. The molecule has 0 aromatic heterocycles. The van der Waals surface area contributed by atoms with Gasteiger partial charge in [-0.15, -0.1) is 0 Å². The highest BCUT2D eigenvalue weighted by atomic mass is 14.9. The Balaban J connectivity index is 2.00. The largest absolute Gasteiger partial charge is 0.317 e. The molecule has 1 aliphatic carbocycles. The number of aliphatic imine (C=N–C) groups is 1. The Morgan fingerprint density at radius 3 is 2.71 bits per heavy atom. The molecular weight excluding hydrogens is 260 g/mol. The number of rotatable bonds is 13. The van der Waals surface area contributed by atoms with Gasteiger partial charge in [0.1, 0.15) is 0 Å². The van der Waals surface area contributed by atoms with E-state index in [-0.39, 0.29) is 0 Å². The summed E-state index contributed by atoms with van der Waals surface area (Å²) in [6, 6.07) is 0.739. The molecule has 0 aromatic rings. The minimum Gasteiger partial charge on any atom is -0.317 e. The summed E-state index contributed by atoms with van der Waals surface area (Å²) in [4.78, 5) is 4.27. The van der Waals surface area contributed by atoms with Gasteiger partial charge in [-0.05, 0) is 77.3 Å². The minimum absolute atomic E-state index is 0.739. The van der Waals surface area contributed by atoms with Crippen molar-refractivity contribution in [3.63, 3.8) is 0 Å². The molecule has 1 saturated carbocycles. The smallest absolute Gasteiger partial charge is 0.0357 e. The van der Waals surface area contributed by atoms with Crippen LogP contribution in [0.25, 0.3) is 0 Å². The molecule has 2 unspecified atom stereocenters. The first kappa shape index (κ1) is 18.6. The molecule has 0 aromatic carbocycles. The summed E-state index contributed by atoms with van der Waals surface area (Å²) in [6.45, 7) is 10.8. The van der Waals surface area contributed by atoms with Crippen molar-refractivity contribution in [1.29, 1.82) is 0 Å². The van der Waals surface area contributed by atoms with Crippen LogP contribution in [-0.4, -0.2) is 51.5 Å². The van der Waals surface area contributed by atoms with E-state index < -0.39 is 0 Å². The van der Waals surface area contributed by atoms with Gasteiger partial charge in [0.25, 0.3) is 0 Å². The Bertz CT molecular complexity index is 255. The third-order valence-corrected chi connectivity index (χ3v) is 4.30. The third kappa shape index (κ3) is 9.22. The van der Waals surface area contributed by atoms with E-state index in [2.05, 4.69) is 41.0 Å². The Kier molecular flexibility index (Phi) is 11.7. The van der Waals surface area contributed by atoms with Crippen LogP contribution >= 0.6 is 0 Å². The number of nitrogens with one attached hydrogen (secondary N) is 3. The fraction of sp³-hybridized carbons (Fsp3) is 0.941. The average molecular weight is 297 g/mol. The van der Waals surface area contributed by atoms with E-state index in [0.29, 0.717) is 0 Å². The zero-order chi connectivity index (χ0) is 15.2. The predicted octanol–water partition coefficient (Wildman–Crippen LogP) is 2.20. The van der Waals surface area contributed by atoms with Crippen LogP contribution in [0.1, 0.15) is 52.4 Å². The second-order valence-electron chi connectivity index (χ2n) is 5.97. The van der Waals surface area contributed by atoms with Crippen LogP contribution in [0.15, 0.2) is 4.99 Å². The molecule has 4 heteroatoms. The van der Waals surface area contributed by atoms with E-state index in [9.17, 15) is 0 Å². The van der Waals surface area contributed by atoms with Crippen molar-refractivity contribution in [3.05, 3.63) is 0 Å². The van der Waals surface area contributed by atoms with Crippen LogP contribution in [0.2, 0.25) is 0 Å². The lowest BCUT2D eigenvalue weighted by Gasteiger charge is -2.21. The van der Waals surface area contributed by atoms with Crippen molar-refractivity contribution in [1.82, 2.24) is 16.0 Å². The van der Waals surface area contributed by atoms with Crippen LogP contribution in [-0.2, 0) is 0 Å². The monoisotopic (exact) mass is 296 g/mol. The maximum absolute atomic E-state index is 4.27. The van der Waals surface area contributed by atoms with Gasteiger partial charge in [-0.2, -0.15) is 0 Å². The molecule has 0 heterocycles. The highest BCUT2D eigenvalue weighted by Crippen LogP contribution is 2.27. The van der Waals surface area contributed by atoms with Gasteiger partial charge < -0.3 is 16.0 Å². The molecule has 0 spiro atoms. The molecule has 1 rings (SSSR count). The lowest BCUT2D eigenvalue weighted by molar-refractivity contribution is 0.375. The molecule has 1 fully saturated rings. The summed E-state index contributed by atoms with van der Waals surface area (Å²) >= 11 is 0. The van der Waals surface area contributed by atoms with Crippen molar-refractivity contribution in [2.75, 3.05) is 39.3 Å². The topological polar surface area (TPSA) is 48.5 Å². The summed E-state index contributed by atoms with van der Waals surface area (Å²) in [7, 11) is 0. The zero-order valence-corrected chi connectivity index (χ0v) is 14.2. The van der Waals surface area contributed by atoms with E-state index in [0.717, 1.165) is 51.1 Å². The van der Waals surface area contributed by atoms with E-state index in [1.165, 1.54) is 38.6 Å². The van der Waals surface area contributed by atoms with Gasteiger partial charge in [-0.25, -0.2) is 0 Å². The summed E-state index contributed by atoms with van der Waals surface area (Å²) in [5.41, 5.74) is 0. The van der Waals surface area contributed by atoms with Crippen LogP contribution < -0.4 is 16.0 Å². The molecule has 0 saturated heterocycles. The molecule has 21 heavy (non-hydrogen) atoms. The zero-order valence-electron chi connectivity index (χ0n) is 14.2. The van der Waals surface area contributed by atoms with Crippen molar-refractivity contribution >= 4 is 6.21 Å². The standard InChI is InChI=1S/C17H36N4/c1-3-18-11-6-13-20-15-10-16-8-5-9-17(16)21-14-7-12-19-4-2/h12,16-18,20-21H,3-11,13-15H2,1-2H3/b19-12+. The highest BCUT2D eigenvalue weighted by Gasteiger charge is 2.25. The van der Waals surface area contributed by atoms with Gasteiger partial charge in [0.2, 0.25) is 0 Å². The average Bonchev–Trinajstić information content (AvgIpc) is 2.94. The summed E-state index contributed by atoms with van der Waals surface area (Å²) in [5, 5.41) is 10.7. The summed E-state index contributed by atoms with van der Waals surface area (Å²) < 4.78 is 0. The van der Waals surface area contributed by atoms with Gasteiger partial charge in [0, 0.05) is 19.1 Å². The molecule has 0 amide bonds. The number of hydrogen-bond donors (Lipinski definition) is 3. The number of hydrogen-bond acceptors (Lipinski definition) is 4. The maximum atomic E-state index is 4.27. The quantitative estimate of drug-likeness (QED) is 0.361. The third-order valence-electron chi connectivity index (χ3n) is 4.30. The predicted molar refractivity (Wildman–Crippen MR) is 93.4 cm³/mol. The molecule has 4 nitrogen and oxygen atoms in total. The first-order valence-corrected chi connectivity index (χ1v) is 9.01. The fourth-order valence-electron chi connectivity index (χ4n) is 3.13. The first-order chi connectivity index (χ1) is 10.4. The summed E-state index contributed by atoms with van der Waals surface area (Å²) in [5.74, 6) is 0.870. The van der Waals surface area contributed by atoms with E-state index in [4.69, 9.17) is 0 Å². The van der Waals surface area contributed by atoms with Crippen molar-refractivity contribution in [2.24, 2.45) is 10.9 Å². The Labute approximate surface area is 131 Å². The summed E-state index contributed by atoms with van der Waals surface area (Å²) in [6.07, 6.45) is 9.84. The van der Waals surface area contributed by atoms with Crippen LogP contribution in [0, 0.1) is 5.92 Å². The van der Waals surface area contributed by atoms with Gasteiger partial charge in [-0.1, -0.05) is 13.3 Å². The van der Waals surface area contributed by atoms with Crippen LogP contribution in [0.4, 0.5) is 0 Å². The Hall–Kier alpha value is -0.450. The normalized spacial score (nSPS) is 22.4. The van der Waals surface area contributed by atoms with Crippen molar-refractivity contribution in [2.45, 2.75) is 58.4 Å². The first-order valence-electron chi connectivity index (χ1n) is 9.01. The van der Waals surface area contributed by atoms with Gasteiger partial charge in [-0.3, -0.25) is 4.99 Å². The van der Waals surface area contributed by atoms with Crippen molar-refractivity contribution in [3.8, 4) is 0 Å². The fourth-order valence-corrected chi connectivity index (χ4v) is 3.13. The molecular formula is C17H36N4. The van der Waals surface area contributed by atoms with Gasteiger partial charge >= 0.3 is 0 Å². The van der Waals surface area contributed by atoms with Gasteiger partial charge in [0.15, 0.2) is 0 Å². The van der Waals surface area contributed by atoms with Gasteiger partial charge in [0.05, 0.1) is 0 Å². The minimum atomic E-state index is 0.739. The molecule has 3 N–H and O–H groups in total. The second-order valence-corrected chi connectivity index (χ2v) is 5.97. The molecule has 0 radical (unpaired) electrons. The Morgan fingerprint density at radius 1 is 1.05 bits per heavy atom. The Morgan fingerprint density at radius 2 is 1.90 bits per heavy atom. The second kappa shape index (κ2) is 13.2. The molecule has 1 aliphatic rings. The van der Waals surface area contributed by atoms with E-state index in [1.807, 2.05) is 0 Å². The molecule has 0 bridgehead atoms. The lowest BCUT2D eigenvalue weighted by atomic mass is 9.99. The molecule has 2 atom stereocenters. The molecule has 0 aliphatic heterocycles. The van der Waals surface area contributed by atoms with E-state index >= 15 is 0 Å². The highest BCUT2D eigenvalue weighted by molar-refractivity contribution is 5.57.